The van der Waals surface area contributed by atoms with Crippen molar-refractivity contribution in [3.63, 3.8) is 0 Å². The molecule has 0 radical (unpaired) electrons. The third kappa shape index (κ3) is 1.77. The molecule has 0 spiro atoms. The maximum absolute atomic E-state index is 10.9. The molecule has 6 atom stereocenters. The molecule has 18 heavy (non-hydrogen) atoms. The molecule has 0 amide bonds. The van der Waals surface area contributed by atoms with Crippen molar-refractivity contribution in [3.8, 4) is 0 Å². The van der Waals surface area contributed by atoms with E-state index in [2.05, 4.69) is 6.58 Å². The van der Waals surface area contributed by atoms with Gasteiger partial charge in [-0.2, -0.15) is 0 Å². The van der Waals surface area contributed by atoms with Crippen molar-refractivity contribution in [2.75, 3.05) is 0 Å². The average Bonchev–Trinajstić information content (AvgIpc) is 2.31. The van der Waals surface area contributed by atoms with Gasteiger partial charge in [-0.25, -0.2) is 0 Å². The summed E-state index contributed by atoms with van der Waals surface area (Å²) in [5, 5.41) is 31.2. The van der Waals surface area contributed by atoms with Crippen molar-refractivity contribution in [2.24, 2.45) is 17.8 Å². The minimum atomic E-state index is -1.24. The Morgan fingerprint density at radius 2 is 2.00 bits per heavy atom. The summed E-state index contributed by atoms with van der Waals surface area (Å²) < 4.78 is 0. The van der Waals surface area contributed by atoms with E-state index in [1.807, 2.05) is 26.8 Å². The Kier molecular flexibility index (Phi) is 3.43. The molecule has 3 nitrogen and oxygen atoms in total. The third-order valence-electron chi connectivity index (χ3n) is 4.98. The molecule has 0 bridgehead atoms. The van der Waals surface area contributed by atoms with E-state index in [-0.39, 0.29) is 17.8 Å². The Morgan fingerprint density at radius 3 is 2.56 bits per heavy atom. The molecule has 102 valence electrons. The molecular weight excluding hydrogens is 228 g/mol. The van der Waals surface area contributed by atoms with Gasteiger partial charge in [0.05, 0.1) is 0 Å². The van der Waals surface area contributed by atoms with Crippen LogP contribution in [-0.4, -0.2) is 33.1 Å². The Bertz CT molecular complexity index is 387. The van der Waals surface area contributed by atoms with Crippen LogP contribution in [0, 0.1) is 17.8 Å². The van der Waals surface area contributed by atoms with E-state index >= 15 is 0 Å². The molecule has 0 saturated heterocycles. The molecule has 2 aliphatic carbocycles. The Labute approximate surface area is 109 Å². The first-order valence-corrected chi connectivity index (χ1v) is 6.72. The van der Waals surface area contributed by atoms with Gasteiger partial charge in [0.25, 0.3) is 0 Å². The number of fused-ring (bicyclic) bond motifs is 1. The molecule has 2 aliphatic rings. The Morgan fingerprint density at radius 1 is 1.39 bits per heavy atom. The van der Waals surface area contributed by atoms with Gasteiger partial charge in [-0.15, -0.1) is 0 Å². The van der Waals surface area contributed by atoms with Crippen LogP contribution in [-0.2, 0) is 0 Å². The summed E-state index contributed by atoms with van der Waals surface area (Å²) in [6, 6.07) is 0. The molecule has 1 saturated carbocycles. The second kappa shape index (κ2) is 4.48. The lowest BCUT2D eigenvalue weighted by atomic mass is 9.57. The zero-order valence-electron chi connectivity index (χ0n) is 11.4. The van der Waals surface area contributed by atoms with Crippen LogP contribution in [0.3, 0.4) is 0 Å². The summed E-state index contributed by atoms with van der Waals surface area (Å²) in [6.45, 7) is 9.74. The van der Waals surface area contributed by atoms with E-state index < -0.39 is 17.8 Å². The smallest absolute Gasteiger partial charge is 0.113 e. The highest BCUT2D eigenvalue weighted by molar-refractivity contribution is 5.27. The molecule has 2 rings (SSSR count). The minimum absolute atomic E-state index is 0.0212. The molecule has 3 N–H and O–H groups in total. The van der Waals surface area contributed by atoms with E-state index in [1.54, 1.807) is 0 Å². The van der Waals surface area contributed by atoms with Crippen molar-refractivity contribution in [2.45, 2.75) is 51.4 Å². The summed E-state index contributed by atoms with van der Waals surface area (Å²) in [5.41, 5.74) is 0.552. The van der Waals surface area contributed by atoms with E-state index in [1.165, 1.54) is 0 Å². The van der Waals surface area contributed by atoms with Crippen LogP contribution in [0.2, 0.25) is 0 Å². The van der Waals surface area contributed by atoms with Gasteiger partial charge in [0.15, 0.2) is 0 Å². The zero-order chi connectivity index (χ0) is 13.7. The van der Waals surface area contributed by atoms with Crippen LogP contribution in [0.25, 0.3) is 0 Å². The van der Waals surface area contributed by atoms with Crippen LogP contribution in [0.15, 0.2) is 23.8 Å². The largest absolute Gasteiger partial charge is 0.387 e. The number of aliphatic hydroxyl groups excluding tert-OH is 2. The van der Waals surface area contributed by atoms with Crippen LogP contribution < -0.4 is 0 Å². The molecule has 0 aromatic rings. The predicted octanol–water partition coefficient (Wildman–Crippen LogP) is 1.64. The minimum Gasteiger partial charge on any atom is -0.387 e. The summed E-state index contributed by atoms with van der Waals surface area (Å²) in [4.78, 5) is 0. The van der Waals surface area contributed by atoms with E-state index in [0.717, 1.165) is 24.0 Å². The quantitative estimate of drug-likeness (QED) is 0.622. The molecular formula is C15H24O3. The van der Waals surface area contributed by atoms with Gasteiger partial charge in [-0.1, -0.05) is 25.2 Å². The van der Waals surface area contributed by atoms with Gasteiger partial charge in [-0.3, -0.25) is 0 Å². The normalized spacial score (nSPS) is 48.3. The van der Waals surface area contributed by atoms with E-state index in [4.69, 9.17) is 0 Å². The lowest BCUT2D eigenvalue weighted by Crippen LogP contribution is -2.63. The van der Waals surface area contributed by atoms with Crippen molar-refractivity contribution in [1.82, 2.24) is 0 Å². The number of hydrogen-bond donors (Lipinski definition) is 3. The Balaban J connectivity index is 2.48. The van der Waals surface area contributed by atoms with Gasteiger partial charge in [0, 0.05) is 5.92 Å². The SMILES string of the molecule is C=C(C)[C@@H]1CC[C@@H](C)[C@@]2(O)[C@@H]1C=C(C)[C@@H](O)[C@@H]2O. The van der Waals surface area contributed by atoms with Crippen LogP contribution in [0.1, 0.15) is 33.6 Å². The Hall–Kier alpha value is -0.640. The van der Waals surface area contributed by atoms with Crippen LogP contribution in [0.4, 0.5) is 0 Å². The van der Waals surface area contributed by atoms with Crippen molar-refractivity contribution in [1.29, 1.82) is 0 Å². The highest BCUT2D eigenvalue weighted by atomic mass is 16.4. The van der Waals surface area contributed by atoms with E-state index in [9.17, 15) is 15.3 Å². The fraction of sp³-hybridized carbons (Fsp3) is 0.733. The van der Waals surface area contributed by atoms with Crippen LogP contribution >= 0.6 is 0 Å². The molecule has 0 aromatic carbocycles. The van der Waals surface area contributed by atoms with Gasteiger partial charge >= 0.3 is 0 Å². The molecule has 3 heteroatoms. The number of allylic oxidation sites excluding steroid dienone is 1. The lowest BCUT2D eigenvalue weighted by Gasteiger charge is -2.53. The lowest BCUT2D eigenvalue weighted by molar-refractivity contribution is -0.193. The maximum atomic E-state index is 10.9. The molecule has 0 heterocycles. The summed E-state index contributed by atoms with van der Waals surface area (Å²) >= 11 is 0. The highest BCUT2D eigenvalue weighted by Crippen LogP contribution is 2.50. The number of aliphatic hydroxyl groups is 3. The molecule has 0 aliphatic heterocycles. The average molecular weight is 252 g/mol. The first-order valence-electron chi connectivity index (χ1n) is 6.72. The topological polar surface area (TPSA) is 60.7 Å². The summed E-state index contributed by atoms with van der Waals surface area (Å²) in [6.07, 6.45) is 1.70. The van der Waals surface area contributed by atoms with E-state index in [0.29, 0.717) is 0 Å². The molecule has 0 unspecified atom stereocenters. The van der Waals surface area contributed by atoms with Gasteiger partial charge in [0.1, 0.15) is 17.8 Å². The number of rotatable bonds is 1. The number of hydrogen-bond acceptors (Lipinski definition) is 3. The standard InChI is InChI=1S/C15H24O3/c1-8(2)11-6-5-10(4)15(18)12(11)7-9(3)13(16)14(15)17/h7,10-14,16-18H,1,5-6H2,2-4H3/t10-,11+,12-,13-,14+,15-/m1/s1. The summed E-state index contributed by atoms with van der Waals surface area (Å²) in [5.74, 6) is 0.0209. The van der Waals surface area contributed by atoms with Gasteiger partial charge in [-0.05, 0) is 44.1 Å². The second-order valence-corrected chi connectivity index (χ2v) is 6.14. The van der Waals surface area contributed by atoms with Crippen LogP contribution in [0.5, 0.6) is 0 Å². The molecule has 0 aromatic heterocycles. The van der Waals surface area contributed by atoms with Crippen molar-refractivity contribution < 1.29 is 15.3 Å². The fourth-order valence-electron chi connectivity index (χ4n) is 3.67. The first-order chi connectivity index (χ1) is 8.30. The first kappa shape index (κ1) is 13.8. The van der Waals surface area contributed by atoms with Crippen molar-refractivity contribution in [3.05, 3.63) is 23.8 Å². The van der Waals surface area contributed by atoms with Crippen molar-refractivity contribution >= 4 is 0 Å². The molecule has 1 fully saturated rings. The third-order valence-corrected chi connectivity index (χ3v) is 4.98. The fourth-order valence-corrected chi connectivity index (χ4v) is 3.67. The monoisotopic (exact) mass is 252 g/mol. The second-order valence-electron chi connectivity index (χ2n) is 6.14. The predicted molar refractivity (Wildman–Crippen MR) is 70.9 cm³/mol. The maximum Gasteiger partial charge on any atom is 0.113 e. The summed E-state index contributed by atoms with van der Waals surface area (Å²) in [7, 11) is 0. The zero-order valence-corrected chi connectivity index (χ0v) is 11.4. The highest BCUT2D eigenvalue weighted by Gasteiger charge is 2.56. The van der Waals surface area contributed by atoms with Gasteiger partial charge in [0.2, 0.25) is 0 Å². The van der Waals surface area contributed by atoms with Gasteiger partial charge < -0.3 is 15.3 Å².